The summed E-state index contributed by atoms with van der Waals surface area (Å²) < 4.78 is 27.9. The second-order valence-corrected chi connectivity index (χ2v) is 7.90. The van der Waals surface area contributed by atoms with Gasteiger partial charge >= 0.3 is 0 Å². The Morgan fingerprint density at radius 2 is 1.96 bits per heavy atom. The Labute approximate surface area is 153 Å². The fraction of sp³-hybridized carbons (Fsp3) is 0.263. The molecule has 0 fully saturated rings. The number of pyridine rings is 2. The number of sulfonamides is 1. The van der Waals surface area contributed by atoms with Gasteiger partial charge in [-0.3, -0.25) is 9.97 Å². The molecule has 26 heavy (non-hydrogen) atoms. The zero-order chi connectivity index (χ0) is 18.4. The molecule has 0 spiro atoms. The van der Waals surface area contributed by atoms with E-state index in [2.05, 4.69) is 20.0 Å². The van der Waals surface area contributed by atoms with Crippen LogP contribution in [0.25, 0.3) is 10.8 Å². The van der Waals surface area contributed by atoms with Crippen LogP contribution in [-0.4, -0.2) is 37.5 Å². The Morgan fingerprint density at radius 1 is 1.08 bits per heavy atom. The summed E-state index contributed by atoms with van der Waals surface area (Å²) in [4.78, 5) is 8.56. The molecule has 0 radical (unpaired) electrons. The monoisotopic (exact) mass is 370 g/mol. The maximum atomic E-state index is 12.6. The second-order valence-electron chi connectivity index (χ2n) is 6.18. The van der Waals surface area contributed by atoms with Crippen molar-refractivity contribution < 1.29 is 8.42 Å². The Bertz CT molecular complexity index is 961. The first kappa shape index (κ1) is 18.4. The summed E-state index contributed by atoms with van der Waals surface area (Å²) in [5, 5.41) is 5.03. The van der Waals surface area contributed by atoms with E-state index in [9.17, 15) is 8.42 Å². The number of nitrogens with one attached hydrogen (secondary N) is 2. The third kappa shape index (κ3) is 4.85. The Morgan fingerprint density at radius 3 is 2.77 bits per heavy atom. The van der Waals surface area contributed by atoms with Crippen molar-refractivity contribution in [2.45, 2.75) is 24.3 Å². The first-order valence-corrected chi connectivity index (χ1v) is 10.00. The molecule has 3 aromatic rings. The molecule has 7 heteroatoms. The fourth-order valence-electron chi connectivity index (χ4n) is 2.68. The lowest BCUT2D eigenvalue weighted by Crippen LogP contribution is -2.40. The number of hydrogen-bond acceptors (Lipinski definition) is 5. The predicted octanol–water partition coefficient (Wildman–Crippen LogP) is 2.13. The minimum Gasteiger partial charge on any atom is -0.315 e. The van der Waals surface area contributed by atoms with Crippen LogP contribution in [-0.2, 0) is 16.4 Å². The number of benzene rings is 1. The zero-order valence-electron chi connectivity index (χ0n) is 14.6. The van der Waals surface area contributed by atoms with Gasteiger partial charge in [-0.1, -0.05) is 12.1 Å². The lowest BCUT2D eigenvalue weighted by atomic mass is 10.2. The third-order valence-corrected chi connectivity index (χ3v) is 5.60. The molecule has 0 bridgehead atoms. The topological polar surface area (TPSA) is 84.0 Å². The fourth-order valence-corrected chi connectivity index (χ4v) is 3.96. The molecule has 2 N–H and O–H groups in total. The Hall–Kier alpha value is -2.35. The highest BCUT2D eigenvalue weighted by Crippen LogP contribution is 2.18. The van der Waals surface area contributed by atoms with Crippen LogP contribution in [0.15, 0.2) is 66.0 Å². The number of hydrogen-bond donors (Lipinski definition) is 2. The predicted molar refractivity (Wildman–Crippen MR) is 102 cm³/mol. The standard InChI is InChI=1S/C19H22N4O2S/c1-15(13-20-11-8-18-4-2-3-9-22-18)23-26(24,25)19-6-5-17-14-21-10-7-16(17)12-19/h2-7,9-10,12,14-15,20,23H,8,11,13H2,1H3/t15-/m1/s1. The molecule has 2 aromatic heterocycles. The molecular weight excluding hydrogens is 348 g/mol. The molecule has 0 unspecified atom stereocenters. The van der Waals surface area contributed by atoms with Gasteiger partial charge in [0, 0.05) is 55.2 Å². The van der Waals surface area contributed by atoms with E-state index in [0.29, 0.717) is 6.54 Å². The quantitative estimate of drug-likeness (QED) is 0.594. The van der Waals surface area contributed by atoms with Gasteiger partial charge in [-0.15, -0.1) is 0 Å². The molecule has 3 rings (SSSR count). The first-order valence-electron chi connectivity index (χ1n) is 8.51. The van der Waals surface area contributed by atoms with E-state index < -0.39 is 10.0 Å². The molecule has 2 heterocycles. The van der Waals surface area contributed by atoms with E-state index in [1.807, 2.05) is 25.1 Å². The van der Waals surface area contributed by atoms with E-state index in [4.69, 9.17) is 0 Å². The van der Waals surface area contributed by atoms with Crippen molar-refractivity contribution in [3.8, 4) is 0 Å². The molecule has 6 nitrogen and oxygen atoms in total. The zero-order valence-corrected chi connectivity index (χ0v) is 15.4. The Kier molecular flexibility index (Phi) is 5.92. The van der Waals surface area contributed by atoms with Crippen LogP contribution in [0.1, 0.15) is 12.6 Å². The van der Waals surface area contributed by atoms with Gasteiger partial charge < -0.3 is 5.32 Å². The van der Waals surface area contributed by atoms with Crippen molar-refractivity contribution in [2.24, 2.45) is 0 Å². The molecule has 0 aliphatic carbocycles. The summed E-state index contributed by atoms with van der Waals surface area (Å²) in [7, 11) is -3.56. The van der Waals surface area contributed by atoms with Gasteiger partial charge in [0.15, 0.2) is 0 Å². The van der Waals surface area contributed by atoms with Gasteiger partial charge in [-0.25, -0.2) is 13.1 Å². The van der Waals surface area contributed by atoms with Gasteiger partial charge in [-0.2, -0.15) is 0 Å². The third-order valence-electron chi connectivity index (χ3n) is 4.01. The summed E-state index contributed by atoms with van der Waals surface area (Å²) in [5.74, 6) is 0. The summed E-state index contributed by atoms with van der Waals surface area (Å²) in [6.07, 6.45) is 5.94. The minimum absolute atomic E-state index is 0.225. The number of aromatic nitrogens is 2. The average molecular weight is 370 g/mol. The average Bonchev–Trinajstić information content (AvgIpc) is 2.65. The molecular formula is C19H22N4O2S. The van der Waals surface area contributed by atoms with Crippen LogP contribution >= 0.6 is 0 Å². The highest BCUT2D eigenvalue weighted by Gasteiger charge is 2.17. The van der Waals surface area contributed by atoms with Crippen molar-refractivity contribution in [3.05, 3.63) is 66.7 Å². The lowest BCUT2D eigenvalue weighted by molar-refractivity contribution is 0.537. The lowest BCUT2D eigenvalue weighted by Gasteiger charge is -2.15. The molecule has 136 valence electrons. The SMILES string of the molecule is C[C@H](CNCCc1ccccn1)NS(=O)(=O)c1ccc2cnccc2c1. The van der Waals surface area contributed by atoms with Crippen molar-refractivity contribution in [3.63, 3.8) is 0 Å². The summed E-state index contributed by atoms with van der Waals surface area (Å²) in [6.45, 7) is 3.13. The van der Waals surface area contributed by atoms with Gasteiger partial charge in [-0.05, 0) is 42.6 Å². The molecule has 0 aliphatic rings. The van der Waals surface area contributed by atoms with Crippen LogP contribution < -0.4 is 10.0 Å². The van der Waals surface area contributed by atoms with Crippen LogP contribution in [0.4, 0.5) is 0 Å². The van der Waals surface area contributed by atoms with Gasteiger partial charge in [0.25, 0.3) is 0 Å². The van der Waals surface area contributed by atoms with Gasteiger partial charge in [0.2, 0.25) is 10.0 Å². The summed E-state index contributed by atoms with van der Waals surface area (Å²) >= 11 is 0. The second kappa shape index (κ2) is 8.35. The van der Waals surface area contributed by atoms with E-state index in [0.717, 1.165) is 29.4 Å². The maximum Gasteiger partial charge on any atom is 0.240 e. The highest BCUT2D eigenvalue weighted by atomic mass is 32.2. The minimum atomic E-state index is -3.56. The molecule has 0 aliphatic heterocycles. The number of fused-ring (bicyclic) bond motifs is 1. The molecule has 1 atom stereocenters. The Balaban J connectivity index is 1.54. The smallest absolute Gasteiger partial charge is 0.240 e. The number of nitrogens with zero attached hydrogens (tertiary/aromatic N) is 2. The molecule has 0 saturated carbocycles. The van der Waals surface area contributed by atoms with Crippen LogP contribution in [0.5, 0.6) is 0 Å². The molecule has 1 aromatic carbocycles. The van der Waals surface area contributed by atoms with Crippen LogP contribution in [0.2, 0.25) is 0 Å². The largest absolute Gasteiger partial charge is 0.315 e. The van der Waals surface area contributed by atoms with Crippen molar-refractivity contribution in [1.29, 1.82) is 0 Å². The maximum absolute atomic E-state index is 12.6. The van der Waals surface area contributed by atoms with E-state index in [1.165, 1.54) is 0 Å². The normalized spacial score (nSPS) is 13.0. The van der Waals surface area contributed by atoms with Crippen LogP contribution in [0.3, 0.4) is 0 Å². The van der Waals surface area contributed by atoms with Crippen LogP contribution in [0, 0.1) is 0 Å². The summed E-state index contributed by atoms with van der Waals surface area (Å²) in [5.41, 5.74) is 1.01. The van der Waals surface area contributed by atoms with Crippen molar-refractivity contribution in [2.75, 3.05) is 13.1 Å². The van der Waals surface area contributed by atoms with Crippen molar-refractivity contribution in [1.82, 2.24) is 20.0 Å². The van der Waals surface area contributed by atoms with Gasteiger partial charge in [0.05, 0.1) is 4.90 Å². The molecule has 0 amide bonds. The van der Waals surface area contributed by atoms with Gasteiger partial charge in [0.1, 0.15) is 0 Å². The first-order chi connectivity index (χ1) is 12.5. The van der Waals surface area contributed by atoms with E-state index >= 15 is 0 Å². The highest BCUT2D eigenvalue weighted by molar-refractivity contribution is 7.89. The number of rotatable bonds is 8. The summed E-state index contributed by atoms with van der Waals surface area (Å²) in [6, 6.07) is 12.4. The van der Waals surface area contributed by atoms with E-state index in [-0.39, 0.29) is 10.9 Å². The van der Waals surface area contributed by atoms with Crippen molar-refractivity contribution >= 4 is 20.8 Å². The molecule has 0 saturated heterocycles. The van der Waals surface area contributed by atoms with E-state index in [1.54, 1.807) is 42.9 Å².